The van der Waals surface area contributed by atoms with E-state index >= 15 is 0 Å². The third kappa shape index (κ3) is 1.68. The highest BCUT2D eigenvalue weighted by Gasteiger charge is 2.28. The summed E-state index contributed by atoms with van der Waals surface area (Å²) in [7, 11) is 0. The van der Waals surface area contributed by atoms with Gasteiger partial charge in [-0.05, 0) is 23.3 Å². The molecule has 0 saturated heterocycles. The summed E-state index contributed by atoms with van der Waals surface area (Å²) in [4.78, 5) is 2.19. The Labute approximate surface area is 105 Å². The summed E-state index contributed by atoms with van der Waals surface area (Å²) in [5.74, 6) is 0.963. The van der Waals surface area contributed by atoms with Crippen LogP contribution >= 0.6 is 12.2 Å². The molecule has 3 N–H and O–H groups in total. The second-order valence-corrected chi connectivity index (χ2v) is 4.49. The number of hydrogen-bond donors (Lipinski definition) is 2. The third-order valence-corrected chi connectivity index (χ3v) is 3.05. The minimum Gasteiger partial charge on any atom is -0.375 e. The predicted molar refractivity (Wildman–Crippen MR) is 73.9 cm³/mol. The van der Waals surface area contributed by atoms with Gasteiger partial charge in [0.15, 0.2) is 5.11 Å². The van der Waals surface area contributed by atoms with Gasteiger partial charge in [-0.2, -0.15) is 5.10 Å². The lowest BCUT2D eigenvalue weighted by Gasteiger charge is -2.23. The molecule has 2 heterocycles. The molecule has 3 rings (SSSR count). The molecule has 2 aliphatic rings. The quantitative estimate of drug-likeness (QED) is 0.576. The summed E-state index contributed by atoms with van der Waals surface area (Å²) >= 11 is 4.76. The fraction of sp³-hybridized carbons (Fsp3) is 0.167. The average Bonchev–Trinajstić information content (AvgIpc) is 2.68. The Kier molecular flexibility index (Phi) is 2.33. The van der Waals surface area contributed by atoms with Crippen LogP contribution in [-0.2, 0) is 6.42 Å². The second-order valence-electron chi connectivity index (χ2n) is 4.05. The van der Waals surface area contributed by atoms with E-state index in [1.165, 1.54) is 16.8 Å². The lowest BCUT2D eigenvalue weighted by atomic mass is 10.1. The van der Waals surface area contributed by atoms with Gasteiger partial charge >= 0.3 is 0 Å². The van der Waals surface area contributed by atoms with E-state index in [0.29, 0.717) is 0 Å². The monoisotopic (exact) mass is 244 g/mol. The van der Waals surface area contributed by atoms with Crippen molar-refractivity contribution in [3.63, 3.8) is 0 Å². The summed E-state index contributed by atoms with van der Waals surface area (Å²) in [5, 5.41) is 4.45. The lowest BCUT2D eigenvalue weighted by molar-refractivity contribution is 0.995. The van der Waals surface area contributed by atoms with E-state index in [1.54, 1.807) is 0 Å². The van der Waals surface area contributed by atoms with Crippen LogP contribution in [-0.4, -0.2) is 17.5 Å². The molecule has 0 spiro atoms. The zero-order chi connectivity index (χ0) is 11.8. The number of para-hydroxylation sites is 1. The van der Waals surface area contributed by atoms with Crippen LogP contribution in [0.3, 0.4) is 0 Å². The first kappa shape index (κ1) is 10.3. The molecule has 0 unspecified atom stereocenters. The molecule has 0 saturated carbocycles. The number of nitrogens with one attached hydrogen (secondary N) is 1. The maximum atomic E-state index is 5.39. The number of thiocarbonyl (C=S) groups is 1. The number of benzene rings is 1. The van der Waals surface area contributed by atoms with E-state index in [-0.39, 0.29) is 5.11 Å². The first-order valence-electron chi connectivity index (χ1n) is 5.43. The molecule has 0 atom stereocenters. The molecule has 86 valence electrons. The van der Waals surface area contributed by atoms with Gasteiger partial charge in [0.2, 0.25) is 0 Å². The Morgan fingerprint density at radius 1 is 1.47 bits per heavy atom. The Morgan fingerprint density at radius 3 is 3.18 bits per heavy atom. The topological polar surface area (TPSA) is 53.6 Å². The molecule has 0 fully saturated rings. The Hall–Kier alpha value is -1.88. The molecule has 2 aliphatic heterocycles. The zero-order valence-corrected chi connectivity index (χ0v) is 10.00. The van der Waals surface area contributed by atoms with Crippen molar-refractivity contribution in [2.45, 2.75) is 6.42 Å². The standard InChI is InChI=1S/C12H12N4S/c13-12(17)15-14-10-7-9-4-1-3-8-5-2-6-16(10)11(8)9/h1-5H,6-7H2,(H3,13,15,17). The van der Waals surface area contributed by atoms with Gasteiger partial charge in [0.1, 0.15) is 5.84 Å². The molecule has 1 aromatic rings. The molecule has 0 amide bonds. The van der Waals surface area contributed by atoms with Crippen molar-refractivity contribution < 1.29 is 0 Å². The highest BCUT2D eigenvalue weighted by Crippen LogP contribution is 2.35. The van der Waals surface area contributed by atoms with E-state index in [4.69, 9.17) is 18.0 Å². The van der Waals surface area contributed by atoms with E-state index in [0.717, 1.165) is 18.8 Å². The summed E-state index contributed by atoms with van der Waals surface area (Å²) in [5.41, 5.74) is 11.9. The van der Waals surface area contributed by atoms with Gasteiger partial charge in [-0.1, -0.05) is 30.4 Å². The third-order valence-electron chi connectivity index (χ3n) is 2.96. The van der Waals surface area contributed by atoms with Crippen molar-refractivity contribution in [2.75, 3.05) is 11.4 Å². The normalized spacial score (nSPS) is 18.4. The fourth-order valence-corrected chi connectivity index (χ4v) is 2.36. The van der Waals surface area contributed by atoms with Crippen molar-refractivity contribution in [1.82, 2.24) is 5.43 Å². The first-order chi connectivity index (χ1) is 8.25. The number of rotatable bonds is 1. The lowest BCUT2D eigenvalue weighted by Crippen LogP contribution is -2.33. The van der Waals surface area contributed by atoms with Crippen LogP contribution in [0, 0.1) is 0 Å². The van der Waals surface area contributed by atoms with Gasteiger partial charge in [-0.15, -0.1) is 0 Å². The van der Waals surface area contributed by atoms with Crippen LogP contribution in [0.4, 0.5) is 5.69 Å². The Morgan fingerprint density at radius 2 is 2.35 bits per heavy atom. The zero-order valence-electron chi connectivity index (χ0n) is 9.18. The van der Waals surface area contributed by atoms with E-state index in [1.807, 2.05) is 0 Å². The van der Waals surface area contributed by atoms with Gasteiger partial charge < -0.3 is 10.6 Å². The highest BCUT2D eigenvalue weighted by molar-refractivity contribution is 7.80. The molecule has 0 aromatic heterocycles. The number of nitrogens with zero attached hydrogens (tertiary/aromatic N) is 2. The largest absolute Gasteiger partial charge is 0.375 e. The molecule has 0 aliphatic carbocycles. The number of hydrogen-bond acceptors (Lipinski definition) is 2. The summed E-state index contributed by atoms with van der Waals surface area (Å²) in [6, 6.07) is 6.33. The fourth-order valence-electron chi connectivity index (χ4n) is 2.31. The van der Waals surface area contributed by atoms with Gasteiger partial charge in [-0.3, -0.25) is 5.43 Å². The van der Waals surface area contributed by atoms with Crippen LogP contribution in [0.25, 0.3) is 6.08 Å². The van der Waals surface area contributed by atoms with Gasteiger partial charge in [0.25, 0.3) is 0 Å². The van der Waals surface area contributed by atoms with E-state index < -0.39 is 0 Å². The molecular weight excluding hydrogens is 232 g/mol. The molecule has 0 radical (unpaired) electrons. The van der Waals surface area contributed by atoms with E-state index in [9.17, 15) is 0 Å². The first-order valence-corrected chi connectivity index (χ1v) is 5.84. The number of amidine groups is 1. The summed E-state index contributed by atoms with van der Waals surface area (Å²) in [6.45, 7) is 0.849. The van der Waals surface area contributed by atoms with Gasteiger partial charge in [-0.25, -0.2) is 0 Å². The molecular formula is C12H12N4S. The maximum Gasteiger partial charge on any atom is 0.184 e. The molecule has 0 bridgehead atoms. The smallest absolute Gasteiger partial charge is 0.184 e. The number of anilines is 1. The minimum absolute atomic E-state index is 0.196. The van der Waals surface area contributed by atoms with Crippen molar-refractivity contribution >= 4 is 34.9 Å². The number of nitrogens with two attached hydrogens (primary N) is 1. The van der Waals surface area contributed by atoms with Gasteiger partial charge in [0.05, 0.1) is 5.69 Å². The number of hydrazone groups is 1. The van der Waals surface area contributed by atoms with Crippen LogP contribution in [0.2, 0.25) is 0 Å². The Balaban J connectivity index is 2.01. The SMILES string of the molecule is NC(=S)NN=C1Cc2cccc3c2N1CC=C3. The second kappa shape index (κ2) is 3.85. The van der Waals surface area contributed by atoms with Crippen molar-refractivity contribution in [2.24, 2.45) is 10.8 Å². The van der Waals surface area contributed by atoms with Crippen molar-refractivity contribution in [3.05, 3.63) is 35.4 Å². The van der Waals surface area contributed by atoms with Crippen LogP contribution < -0.4 is 16.1 Å². The molecule has 17 heavy (non-hydrogen) atoms. The van der Waals surface area contributed by atoms with Gasteiger partial charge in [0, 0.05) is 13.0 Å². The Bertz CT molecular complexity index is 547. The predicted octanol–water partition coefficient (Wildman–Crippen LogP) is 1.22. The molecule has 4 nitrogen and oxygen atoms in total. The molecule has 5 heteroatoms. The summed E-state index contributed by atoms with van der Waals surface area (Å²) in [6.07, 6.45) is 5.10. The minimum atomic E-state index is 0.196. The average molecular weight is 244 g/mol. The van der Waals surface area contributed by atoms with Crippen LogP contribution in [0.1, 0.15) is 11.1 Å². The maximum absolute atomic E-state index is 5.39. The molecule has 1 aromatic carbocycles. The van der Waals surface area contributed by atoms with Crippen molar-refractivity contribution in [1.29, 1.82) is 0 Å². The van der Waals surface area contributed by atoms with Crippen molar-refractivity contribution in [3.8, 4) is 0 Å². The van der Waals surface area contributed by atoms with Crippen LogP contribution in [0.15, 0.2) is 29.4 Å². The summed E-state index contributed by atoms with van der Waals surface area (Å²) < 4.78 is 0. The van der Waals surface area contributed by atoms with Crippen LogP contribution in [0.5, 0.6) is 0 Å². The highest BCUT2D eigenvalue weighted by atomic mass is 32.1. The van der Waals surface area contributed by atoms with E-state index in [2.05, 4.69) is 45.8 Å².